The zero-order valence-corrected chi connectivity index (χ0v) is 13.2. The van der Waals surface area contributed by atoms with Crippen molar-refractivity contribution in [3.63, 3.8) is 0 Å². The first-order chi connectivity index (χ1) is 10.8. The second-order valence-electron chi connectivity index (χ2n) is 5.26. The van der Waals surface area contributed by atoms with Gasteiger partial charge in [-0.05, 0) is 24.0 Å². The molecule has 1 rings (SSSR count). The van der Waals surface area contributed by atoms with Gasteiger partial charge in [0.25, 0.3) is 5.69 Å². The highest BCUT2D eigenvalue weighted by Gasteiger charge is 2.23. The Labute approximate surface area is 134 Å². The van der Waals surface area contributed by atoms with Gasteiger partial charge in [-0.15, -0.1) is 0 Å². The molecule has 1 unspecified atom stereocenters. The van der Waals surface area contributed by atoms with Crippen molar-refractivity contribution in [2.75, 3.05) is 7.11 Å². The van der Waals surface area contributed by atoms with Crippen LogP contribution in [0.15, 0.2) is 30.3 Å². The third kappa shape index (κ3) is 6.29. The molecule has 0 heterocycles. The lowest BCUT2D eigenvalue weighted by molar-refractivity contribution is -0.384. The highest BCUT2D eigenvalue weighted by molar-refractivity contribution is 5.89. The van der Waals surface area contributed by atoms with Crippen LogP contribution in [-0.4, -0.2) is 30.1 Å². The Morgan fingerprint density at radius 2 is 2.04 bits per heavy atom. The number of methoxy groups -OCH3 is 1. The van der Waals surface area contributed by atoms with E-state index in [0.717, 1.165) is 6.08 Å². The maximum Gasteiger partial charge on any atom is 0.347 e. The number of nitro groups is 1. The van der Waals surface area contributed by atoms with E-state index in [1.165, 1.54) is 31.4 Å². The van der Waals surface area contributed by atoms with E-state index in [-0.39, 0.29) is 11.6 Å². The number of nitrogens with zero attached hydrogens (tertiary/aromatic N) is 1. The minimum atomic E-state index is -0.970. The zero-order chi connectivity index (χ0) is 17.4. The summed E-state index contributed by atoms with van der Waals surface area (Å²) in [5, 5.41) is 10.7. The van der Waals surface area contributed by atoms with E-state index in [1.54, 1.807) is 6.07 Å². The molecule has 0 spiro atoms. The van der Waals surface area contributed by atoms with E-state index in [9.17, 15) is 19.7 Å². The molecule has 0 aliphatic rings. The molecule has 23 heavy (non-hydrogen) atoms. The van der Waals surface area contributed by atoms with E-state index in [4.69, 9.17) is 4.74 Å². The second-order valence-corrected chi connectivity index (χ2v) is 5.26. The van der Waals surface area contributed by atoms with Gasteiger partial charge in [0.15, 0.2) is 6.10 Å². The molecule has 0 aliphatic carbocycles. The van der Waals surface area contributed by atoms with Gasteiger partial charge in [0.1, 0.15) is 0 Å². The van der Waals surface area contributed by atoms with Crippen molar-refractivity contribution in [1.82, 2.24) is 0 Å². The molecule has 0 saturated carbocycles. The van der Waals surface area contributed by atoms with Gasteiger partial charge < -0.3 is 9.47 Å². The maximum absolute atomic E-state index is 11.8. The fraction of sp³-hybridized carbons (Fsp3) is 0.375. The second kappa shape index (κ2) is 8.67. The maximum atomic E-state index is 11.8. The lowest BCUT2D eigenvalue weighted by Gasteiger charge is -2.16. The smallest absolute Gasteiger partial charge is 0.347 e. The summed E-state index contributed by atoms with van der Waals surface area (Å²) in [4.78, 5) is 33.5. The van der Waals surface area contributed by atoms with Crippen molar-refractivity contribution in [2.24, 2.45) is 5.92 Å². The highest BCUT2D eigenvalue weighted by Crippen LogP contribution is 2.15. The number of non-ortho nitro benzene ring substituents is 1. The molecular weight excluding hydrogens is 302 g/mol. The summed E-state index contributed by atoms with van der Waals surface area (Å²) in [5.41, 5.74) is 0.405. The third-order valence-electron chi connectivity index (χ3n) is 2.90. The zero-order valence-electron chi connectivity index (χ0n) is 13.2. The molecule has 1 aromatic rings. The monoisotopic (exact) mass is 321 g/mol. The lowest BCUT2D eigenvalue weighted by atomic mass is 10.1. The number of nitro benzene ring substituents is 1. The molecule has 0 saturated heterocycles. The summed E-state index contributed by atoms with van der Waals surface area (Å²) in [5.74, 6) is -1.18. The van der Waals surface area contributed by atoms with Crippen LogP contribution in [0.3, 0.4) is 0 Å². The predicted molar refractivity (Wildman–Crippen MR) is 83.5 cm³/mol. The summed E-state index contributed by atoms with van der Waals surface area (Å²) in [6.07, 6.45) is 1.89. The number of carbonyl (C=O) groups is 2. The summed E-state index contributed by atoms with van der Waals surface area (Å²) in [7, 11) is 1.22. The molecule has 0 aliphatic heterocycles. The normalized spacial score (nSPS) is 12.2. The highest BCUT2D eigenvalue weighted by atomic mass is 16.6. The van der Waals surface area contributed by atoms with Gasteiger partial charge in [0.2, 0.25) is 0 Å². The first kappa shape index (κ1) is 18.3. The Morgan fingerprint density at radius 3 is 2.61 bits per heavy atom. The van der Waals surface area contributed by atoms with E-state index in [1.807, 2.05) is 13.8 Å². The molecule has 1 atom stereocenters. The van der Waals surface area contributed by atoms with Crippen LogP contribution in [-0.2, 0) is 19.1 Å². The predicted octanol–water partition coefficient (Wildman–Crippen LogP) is 2.74. The Morgan fingerprint density at radius 1 is 1.35 bits per heavy atom. The van der Waals surface area contributed by atoms with Crippen LogP contribution in [0.1, 0.15) is 25.8 Å². The van der Waals surface area contributed by atoms with Gasteiger partial charge in [-0.25, -0.2) is 9.59 Å². The fourth-order valence-corrected chi connectivity index (χ4v) is 1.84. The molecule has 0 N–H and O–H groups in total. The summed E-state index contributed by atoms with van der Waals surface area (Å²) in [6.45, 7) is 3.78. The first-order valence-electron chi connectivity index (χ1n) is 7.04. The molecule has 7 nitrogen and oxygen atoms in total. The van der Waals surface area contributed by atoms with Crippen molar-refractivity contribution in [2.45, 2.75) is 26.4 Å². The molecule has 0 amide bonds. The SMILES string of the molecule is COC(=O)C(CC(C)C)OC(=O)/C=C/c1cccc([N+](=O)[O-])c1. The summed E-state index contributed by atoms with van der Waals surface area (Å²) < 4.78 is 9.68. The quantitative estimate of drug-likeness (QED) is 0.331. The van der Waals surface area contributed by atoms with Crippen LogP contribution in [0.25, 0.3) is 6.08 Å². The van der Waals surface area contributed by atoms with Gasteiger partial charge in [0.05, 0.1) is 12.0 Å². The van der Waals surface area contributed by atoms with E-state index in [0.29, 0.717) is 12.0 Å². The summed E-state index contributed by atoms with van der Waals surface area (Å²) in [6, 6.07) is 5.81. The largest absolute Gasteiger partial charge is 0.466 e. The number of hydrogen-bond donors (Lipinski definition) is 0. The first-order valence-corrected chi connectivity index (χ1v) is 7.04. The number of esters is 2. The molecule has 7 heteroatoms. The van der Waals surface area contributed by atoms with Crippen LogP contribution in [0, 0.1) is 16.0 Å². The Hall–Kier alpha value is -2.70. The van der Waals surface area contributed by atoms with Crippen molar-refractivity contribution in [3.8, 4) is 0 Å². The van der Waals surface area contributed by atoms with Crippen LogP contribution >= 0.6 is 0 Å². The van der Waals surface area contributed by atoms with Gasteiger partial charge in [0, 0.05) is 18.2 Å². The van der Waals surface area contributed by atoms with Gasteiger partial charge in [-0.3, -0.25) is 10.1 Å². The van der Waals surface area contributed by atoms with Gasteiger partial charge in [-0.2, -0.15) is 0 Å². The fourth-order valence-electron chi connectivity index (χ4n) is 1.84. The number of rotatable bonds is 7. The lowest BCUT2D eigenvalue weighted by Crippen LogP contribution is -2.29. The molecule has 1 aromatic carbocycles. The van der Waals surface area contributed by atoms with Crippen LogP contribution in [0.4, 0.5) is 5.69 Å². The van der Waals surface area contributed by atoms with Crippen LogP contribution in [0.2, 0.25) is 0 Å². The molecule has 0 bridgehead atoms. The van der Waals surface area contributed by atoms with Crippen molar-refractivity contribution >= 4 is 23.7 Å². The molecule has 0 aromatic heterocycles. The number of carbonyl (C=O) groups excluding carboxylic acids is 2. The topological polar surface area (TPSA) is 95.7 Å². The number of ether oxygens (including phenoxy) is 2. The minimum Gasteiger partial charge on any atom is -0.466 e. The van der Waals surface area contributed by atoms with Gasteiger partial charge in [-0.1, -0.05) is 26.0 Å². The Bertz CT molecular complexity index is 608. The minimum absolute atomic E-state index is 0.0761. The van der Waals surface area contributed by atoms with Gasteiger partial charge >= 0.3 is 11.9 Å². The Kier molecular flexibility index (Phi) is 6.92. The van der Waals surface area contributed by atoms with E-state index < -0.39 is 23.0 Å². The molecule has 0 radical (unpaired) electrons. The Balaban J connectivity index is 2.75. The number of hydrogen-bond acceptors (Lipinski definition) is 6. The standard InChI is InChI=1S/C16H19NO6/c1-11(2)9-14(16(19)22-3)23-15(18)8-7-12-5-4-6-13(10-12)17(20)21/h4-8,10-11,14H,9H2,1-3H3/b8-7+. The molecule has 0 fully saturated rings. The van der Waals surface area contributed by atoms with E-state index in [2.05, 4.69) is 4.74 Å². The van der Waals surface area contributed by atoms with Crippen molar-refractivity contribution in [1.29, 1.82) is 0 Å². The van der Waals surface area contributed by atoms with Crippen LogP contribution < -0.4 is 0 Å². The number of benzene rings is 1. The molecular formula is C16H19NO6. The van der Waals surface area contributed by atoms with E-state index >= 15 is 0 Å². The summed E-state index contributed by atoms with van der Waals surface area (Å²) >= 11 is 0. The molecule has 124 valence electrons. The third-order valence-corrected chi connectivity index (χ3v) is 2.90. The van der Waals surface area contributed by atoms with Crippen molar-refractivity contribution < 1.29 is 24.0 Å². The average molecular weight is 321 g/mol. The van der Waals surface area contributed by atoms with Crippen LogP contribution in [0.5, 0.6) is 0 Å². The van der Waals surface area contributed by atoms with Crippen molar-refractivity contribution in [3.05, 3.63) is 46.0 Å². The average Bonchev–Trinajstić information content (AvgIpc) is 2.51.